The maximum absolute atomic E-state index is 13.0. The van der Waals surface area contributed by atoms with Gasteiger partial charge in [0, 0.05) is 12.1 Å². The van der Waals surface area contributed by atoms with Gasteiger partial charge >= 0.3 is 5.97 Å². The SMILES string of the molecule is Cc1noc(C)c1COc1cccc(C(=O)OCC(=O)N(C2CCCC2)C2CCS(=O)(=O)C2)c1. The second-order valence-corrected chi connectivity index (χ2v) is 11.2. The van der Waals surface area contributed by atoms with Crippen molar-refractivity contribution < 1.29 is 32.0 Å². The van der Waals surface area contributed by atoms with Gasteiger partial charge in [-0.1, -0.05) is 24.1 Å². The maximum Gasteiger partial charge on any atom is 0.338 e. The van der Waals surface area contributed by atoms with Crippen molar-refractivity contribution in [1.29, 1.82) is 0 Å². The van der Waals surface area contributed by atoms with Crippen LogP contribution in [0.2, 0.25) is 0 Å². The van der Waals surface area contributed by atoms with Gasteiger partial charge in [-0.2, -0.15) is 0 Å². The second kappa shape index (κ2) is 10.2. The van der Waals surface area contributed by atoms with Crippen LogP contribution in [0.1, 0.15) is 59.5 Å². The van der Waals surface area contributed by atoms with E-state index < -0.39 is 22.4 Å². The largest absolute Gasteiger partial charge is 0.489 e. The number of sulfone groups is 1. The van der Waals surface area contributed by atoms with Crippen molar-refractivity contribution in [2.24, 2.45) is 0 Å². The molecule has 1 aliphatic heterocycles. The van der Waals surface area contributed by atoms with Gasteiger partial charge in [-0.05, 0) is 51.3 Å². The number of nitrogens with zero attached hydrogens (tertiary/aromatic N) is 2. The predicted molar refractivity (Wildman–Crippen MR) is 123 cm³/mol. The molecule has 1 unspecified atom stereocenters. The van der Waals surface area contributed by atoms with E-state index in [1.165, 1.54) is 0 Å². The van der Waals surface area contributed by atoms with Gasteiger partial charge in [0.2, 0.25) is 0 Å². The number of esters is 1. The third-order valence-corrected chi connectivity index (χ3v) is 8.32. The van der Waals surface area contributed by atoms with Crippen LogP contribution in [0.3, 0.4) is 0 Å². The van der Waals surface area contributed by atoms with Crippen molar-refractivity contribution in [3.63, 3.8) is 0 Å². The van der Waals surface area contributed by atoms with Crippen molar-refractivity contribution in [3.8, 4) is 5.75 Å². The Morgan fingerprint density at radius 2 is 1.91 bits per heavy atom. The third-order valence-electron chi connectivity index (χ3n) is 6.57. The van der Waals surface area contributed by atoms with Crippen molar-refractivity contribution in [2.75, 3.05) is 18.1 Å². The lowest BCUT2D eigenvalue weighted by molar-refractivity contribution is -0.139. The predicted octanol–water partition coefficient (Wildman–Crippen LogP) is 2.99. The Morgan fingerprint density at radius 1 is 1.15 bits per heavy atom. The number of benzene rings is 1. The van der Waals surface area contributed by atoms with Crippen LogP contribution in [0, 0.1) is 13.8 Å². The van der Waals surface area contributed by atoms with Crippen LogP contribution in [0.5, 0.6) is 5.75 Å². The molecule has 1 saturated heterocycles. The molecule has 9 nitrogen and oxygen atoms in total. The fourth-order valence-electron chi connectivity index (χ4n) is 4.74. The lowest BCUT2D eigenvalue weighted by Gasteiger charge is -2.33. The molecule has 184 valence electrons. The third kappa shape index (κ3) is 5.60. The fraction of sp³-hybridized carbons (Fsp3) is 0.542. The molecular weight excluding hydrogens is 460 g/mol. The number of aromatic nitrogens is 1. The Balaban J connectivity index is 1.37. The van der Waals surface area contributed by atoms with Gasteiger partial charge in [0.05, 0.1) is 28.3 Å². The zero-order valence-electron chi connectivity index (χ0n) is 19.5. The number of ether oxygens (including phenoxy) is 2. The topological polar surface area (TPSA) is 116 Å². The highest BCUT2D eigenvalue weighted by molar-refractivity contribution is 7.91. The van der Waals surface area contributed by atoms with Crippen LogP contribution < -0.4 is 4.74 Å². The molecular formula is C24H30N2O7S. The van der Waals surface area contributed by atoms with E-state index in [2.05, 4.69) is 5.16 Å². The van der Waals surface area contributed by atoms with E-state index in [1.807, 2.05) is 6.92 Å². The van der Waals surface area contributed by atoms with E-state index in [1.54, 1.807) is 36.1 Å². The first-order valence-corrected chi connectivity index (χ1v) is 13.4. The minimum absolute atomic E-state index is 0.00514. The quantitative estimate of drug-likeness (QED) is 0.519. The lowest BCUT2D eigenvalue weighted by atomic mass is 10.1. The van der Waals surface area contributed by atoms with Crippen LogP contribution in [0.4, 0.5) is 0 Å². The normalized spacial score (nSPS) is 19.8. The molecule has 0 radical (unpaired) electrons. The van der Waals surface area contributed by atoms with Crippen molar-refractivity contribution in [3.05, 3.63) is 46.8 Å². The summed E-state index contributed by atoms with van der Waals surface area (Å²) < 4.78 is 40.2. The summed E-state index contributed by atoms with van der Waals surface area (Å²) in [5.74, 6) is 0.246. The first kappa shape index (κ1) is 24.3. The summed E-state index contributed by atoms with van der Waals surface area (Å²) in [6, 6.07) is 6.21. The molecule has 34 heavy (non-hydrogen) atoms. The number of aryl methyl sites for hydroxylation is 2. The molecule has 0 bridgehead atoms. The summed E-state index contributed by atoms with van der Waals surface area (Å²) in [6.07, 6.45) is 4.15. The molecule has 2 fully saturated rings. The molecule has 1 atom stereocenters. The Bertz CT molecular complexity index is 1130. The Kier molecular flexibility index (Phi) is 7.25. The van der Waals surface area contributed by atoms with Gasteiger partial charge in [-0.15, -0.1) is 0 Å². The molecule has 1 saturated carbocycles. The highest BCUT2D eigenvalue weighted by Gasteiger charge is 2.39. The van der Waals surface area contributed by atoms with Gasteiger partial charge in [-0.25, -0.2) is 13.2 Å². The highest BCUT2D eigenvalue weighted by Crippen LogP contribution is 2.29. The molecule has 0 N–H and O–H groups in total. The average Bonchev–Trinajstić information content (AvgIpc) is 3.53. The fourth-order valence-corrected chi connectivity index (χ4v) is 6.46. The zero-order chi connectivity index (χ0) is 24.3. The van der Waals surface area contributed by atoms with E-state index in [-0.39, 0.29) is 41.7 Å². The number of carbonyl (C=O) groups is 2. The summed E-state index contributed by atoms with van der Waals surface area (Å²) in [6.45, 7) is 3.46. The minimum atomic E-state index is -3.14. The Hall–Kier alpha value is -2.88. The number of hydrogen-bond acceptors (Lipinski definition) is 8. The summed E-state index contributed by atoms with van der Waals surface area (Å²) in [7, 11) is -3.14. The standard InChI is InChI=1S/C24H30N2O7S/c1-16-22(17(2)33-25-16)13-31-21-9-5-6-18(12-21)24(28)32-14-23(27)26(19-7-3-4-8-19)20-10-11-34(29,30)15-20/h5-6,9,12,19-20H,3-4,7-8,10-11,13-15H2,1-2H3. The van der Waals surface area contributed by atoms with E-state index >= 15 is 0 Å². The monoisotopic (exact) mass is 490 g/mol. The van der Waals surface area contributed by atoms with Gasteiger partial charge < -0.3 is 18.9 Å². The van der Waals surface area contributed by atoms with Crippen molar-refractivity contribution in [2.45, 2.75) is 64.6 Å². The van der Waals surface area contributed by atoms with E-state index in [0.29, 0.717) is 17.9 Å². The molecule has 2 heterocycles. The smallest absolute Gasteiger partial charge is 0.338 e. The van der Waals surface area contributed by atoms with Gasteiger partial charge in [-0.3, -0.25) is 4.79 Å². The molecule has 2 aliphatic rings. The molecule has 2 aromatic rings. The van der Waals surface area contributed by atoms with Crippen LogP contribution >= 0.6 is 0 Å². The maximum atomic E-state index is 13.0. The van der Waals surface area contributed by atoms with Gasteiger partial charge in [0.1, 0.15) is 18.1 Å². The van der Waals surface area contributed by atoms with Crippen LogP contribution in [-0.2, 0) is 26.0 Å². The molecule has 4 rings (SSSR count). The molecule has 10 heteroatoms. The minimum Gasteiger partial charge on any atom is -0.489 e. The number of amides is 1. The molecule has 1 amide bonds. The van der Waals surface area contributed by atoms with Gasteiger partial charge in [0.15, 0.2) is 16.4 Å². The molecule has 1 aromatic carbocycles. The van der Waals surface area contributed by atoms with Crippen molar-refractivity contribution in [1.82, 2.24) is 10.1 Å². The molecule has 1 aromatic heterocycles. The van der Waals surface area contributed by atoms with E-state index in [4.69, 9.17) is 14.0 Å². The van der Waals surface area contributed by atoms with Crippen LogP contribution in [0.25, 0.3) is 0 Å². The Labute approximate surface area is 199 Å². The summed E-state index contributed by atoms with van der Waals surface area (Å²) >= 11 is 0. The lowest BCUT2D eigenvalue weighted by Crippen LogP contribution is -2.48. The van der Waals surface area contributed by atoms with E-state index in [9.17, 15) is 18.0 Å². The molecule has 1 aliphatic carbocycles. The number of carbonyl (C=O) groups excluding carboxylic acids is 2. The summed E-state index contributed by atoms with van der Waals surface area (Å²) in [5.41, 5.74) is 1.85. The first-order chi connectivity index (χ1) is 16.2. The number of hydrogen-bond donors (Lipinski definition) is 0. The van der Waals surface area contributed by atoms with Crippen molar-refractivity contribution >= 4 is 21.7 Å². The summed E-state index contributed by atoms with van der Waals surface area (Å²) in [4.78, 5) is 27.4. The Morgan fingerprint density at radius 3 is 2.56 bits per heavy atom. The van der Waals surface area contributed by atoms with Crippen LogP contribution in [-0.4, -0.2) is 60.5 Å². The highest BCUT2D eigenvalue weighted by atomic mass is 32.2. The van der Waals surface area contributed by atoms with Gasteiger partial charge in [0.25, 0.3) is 5.91 Å². The van der Waals surface area contributed by atoms with E-state index in [0.717, 1.165) is 36.9 Å². The second-order valence-electron chi connectivity index (χ2n) is 8.99. The van der Waals surface area contributed by atoms with Crippen LogP contribution in [0.15, 0.2) is 28.8 Å². The molecule has 0 spiro atoms. The number of rotatable bonds is 8. The first-order valence-electron chi connectivity index (χ1n) is 11.6. The summed E-state index contributed by atoms with van der Waals surface area (Å²) in [5, 5.41) is 3.90. The zero-order valence-corrected chi connectivity index (χ0v) is 20.3. The average molecular weight is 491 g/mol.